The zero-order valence-electron chi connectivity index (χ0n) is 10.4. The fourth-order valence-electron chi connectivity index (χ4n) is 1.13. The average molecular weight is 207 g/mol. The number of aryl methyl sites for hydroxylation is 1. The van der Waals surface area contributed by atoms with Crippen molar-refractivity contribution in [3.05, 3.63) is 29.5 Å². The summed E-state index contributed by atoms with van der Waals surface area (Å²) in [4.78, 5) is 4.21. The van der Waals surface area contributed by atoms with Gasteiger partial charge in [0.25, 0.3) is 0 Å². The van der Waals surface area contributed by atoms with E-state index in [0.717, 1.165) is 23.8 Å². The summed E-state index contributed by atoms with van der Waals surface area (Å²) in [7, 11) is 0. The van der Waals surface area contributed by atoms with Crippen LogP contribution in [-0.4, -0.2) is 4.98 Å². The molecule has 1 aromatic rings. The Balaban J connectivity index is 0.000000442. The minimum atomic E-state index is 0.728. The van der Waals surface area contributed by atoms with Gasteiger partial charge in [-0.15, -0.1) is 0 Å². The highest BCUT2D eigenvalue weighted by Gasteiger charge is 2.05. The van der Waals surface area contributed by atoms with E-state index in [-0.39, 0.29) is 0 Å². The zero-order valence-corrected chi connectivity index (χ0v) is 10.4. The van der Waals surface area contributed by atoms with Crippen LogP contribution in [-0.2, 0) is 0 Å². The molecule has 0 fully saturated rings. The number of fused-ring (bicyclic) bond motifs is 1. The summed E-state index contributed by atoms with van der Waals surface area (Å²) in [5.74, 6) is 1.60. The highest BCUT2D eigenvalue weighted by Crippen LogP contribution is 2.17. The predicted octanol–water partition coefficient (Wildman–Crippen LogP) is 4.47. The van der Waals surface area contributed by atoms with Crippen molar-refractivity contribution in [2.45, 2.75) is 41.0 Å². The second-order valence-corrected chi connectivity index (χ2v) is 2.52. The van der Waals surface area contributed by atoms with Gasteiger partial charge in [0.15, 0.2) is 11.7 Å². The van der Waals surface area contributed by atoms with Gasteiger partial charge in [0, 0.05) is 6.92 Å². The molecule has 0 atom stereocenters. The van der Waals surface area contributed by atoms with Crippen molar-refractivity contribution in [1.29, 1.82) is 0 Å². The van der Waals surface area contributed by atoms with Crippen LogP contribution in [0.25, 0.3) is 12.2 Å². The van der Waals surface area contributed by atoms with E-state index in [4.69, 9.17) is 4.42 Å². The molecule has 0 spiro atoms. The highest BCUT2D eigenvalue weighted by atomic mass is 16.4. The Kier molecular flexibility index (Phi) is 7.33. The lowest BCUT2D eigenvalue weighted by molar-refractivity contribution is 0.513. The van der Waals surface area contributed by atoms with Gasteiger partial charge >= 0.3 is 0 Å². The average Bonchev–Trinajstić information content (AvgIpc) is 2.51. The van der Waals surface area contributed by atoms with Gasteiger partial charge in [-0.05, 0) is 18.6 Å². The van der Waals surface area contributed by atoms with Gasteiger partial charge in [0.2, 0.25) is 0 Å². The highest BCUT2D eigenvalue weighted by molar-refractivity contribution is 5.60. The van der Waals surface area contributed by atoms with Crippen molar-refractivity contribution in [2.24, 2.45) is 0 Å². The molecule has 0 aromatic carbocycles. The Morgan fingerprint density at radius 1 is 1.07 bits per heavy atom. The van der Waals surface area contributed by atoms with E-state index < -0.39 is 0 Å². The second kappa shape index (κ2) is 8.04. The first-order valence-electron chi connectivity index (χ1n) is 5.67. The lowest BCUT2D eigenvalue weighted by atomic mass is 10.3. The third kappa shape index (κ3) is 4.15. The molecule has 0 aliphatic heterocycles. The lowest BCUT2D eigenvalue weighted by Gasteiger charge is -1.81. The van der Waals surface area contributed by atoms with E-state index in [1.807, 2.05) is 46.8 Å². The molecule has 0 N–H and O–H groups in total. The lowest BCUT2D eigenvalue weighted by Crippen LogP contribution is -1.72. The molecule has 1 aromatic heterocycles. The molecular weight excluding hydrogens is 186 g/mol. The number of oxazole rings is 1. The fourth-order valence-corrected chi connectivity index (χ4v) is 1.13. The molecule has 2 heteroatoms. The third-order valence-corrected chi connectivity index (χ3v) is 1.61. The molecule has 1 aliphatic carbocycles. The molecule has 2 nitrogen and oxygen atoms in total. The maximum absolute atomic E-state index is 5.34. The number of hydrogen-bond donors (Lipinski definition) is 0. The Labute approximate surface area is 92.7 Å². The van der Waals surface area contributed by atoms with E-state index >= 15 is 0 Å². The van der Waals surface area contributed by atoms with Gasteiger partial charge in [-0.2, -0.15) is 0 Å². The zero-order chi connectivity index (χ0) is 11.7. The molecule has 0 unspecified atom stereocenters. The largest absolute Gasteiger partial charge is 0.441 e. The van der Waals surface area contributed by atoms with Crippen molar-refractivity contribution in [1.82, 2.24) is 4.98 Å². The summed E-state index contributed by atoms with van der Waals surface area (Å²) in [6, 6.07) is 0. The first-order chi connectivity index (χ1) is 7.36. The summed E-state index contributed by atoms with van der Waals surface area (Å²) in [5, 5.41) is 0. The van der Waals surface area contributed by atoms with Crippen LogP contribution in [0.5, 0.6) is 0 Å². The van der Waals surface area contributed by atoms with Crippen LogP contribution in [0.15, 0.2) is 16.6 Å². The number of aromatic nitrogens is 1. The van der Waals surface area contributed by atoms with Crippen LogP contribution in [0.4, 0.5) is 0 Å². The van der Waals surface area contributed by atoms with Crippen LogP contribution >= 0.6 is 0 Å². The summed E-state index contributed by atoms with van der Waals surface area (Å²) >= 11 is 0. The molecule has 0 bridgehead atoms. The Hall–Kier alpha value is -1.31. The minimum absolute atomic E-state index is 0.728. The maximum atomic E-state index is 5.34. The molecular formula is C13H21NO. The van der Waals surface area contributed by atoms with Crippen LogP contribution in [0.1, 0.15) is 51.5 Å². The SMILES string of the molecule is CC.CC.Cc1nc2c(o1)C=CCC=C2. The molecule has 0 amide bonds. The smallest absolute Gasteiger partial charge is 0.192 e. The van der Waals surface area contributed by atoms with Crippen molar-refractivity contribution in [2.75, 3.05) is 0 Å². The number of nitrogens with zero attached hydrogens (tertiary/aromatic N) is 1. The first kappa shape index (κ1) is 13.7. The van der Waals surface area contributed by atoms with Crippen molar-refractivity contribution >= 4 is 12.2 Å². The van der Waals surface area contributed by atoms with Crippen LogP contribution in [0, 0.1) is 6.92 Å². The van der Waals surface area contributed by atoms with Crippen LogP contribution < -0.4 is 0 Å². The normalized spacial score (nSPS) is 11.5. The predicted molar refractivity (Wildman–Crippen MR) is 66.6 cm³/mol. The fraction of sp³-hybridized carbons (Fsp3) is 0.462. The maximum Gasteiger partial charge on any atom is 0.192 e. The summed E-state index contributed by atoms with van der Waals surface area (Å²) in [6.07, 6.45) is 9.06. The standard InChI is InChI=1S/C9H9NO.2C2H6/c1-7-10-8-5-3-2-4-6-9(8)11-7;2*1-2/h3-6H,2H2,1H3;2*1-2H3. The van der Waals surface area contributed by atoms with Crippen molar-refractivity contribution in [3.63, 3.8) is 0 Å². The van der Waals surface area contributed by atoms with E-state index in [1.54, 1.807) is 0 Å². The summed E-state index contributed by atoms with van der Waals surface area (Å²) in [6.45, 7) is 9.86. The Morgan fingerprint density at radius 2 is 1.67 bits per heavy atom. The topological polar surface area (TPSA) is 26.0 Å². The summed E-state index contributed by atoms with van der Waals surface area (Å²) < 4.78 is 5.34. The van der Waals surface area contributed by atoms with E-state index in [9.17, 15) is 0 Å². The molecule has 15 heavy (non-hydrogen) atoms. The van der Waals surface area contributed by atoms with Gasteiger partial charge in [0.1, 0.15) is 5.69 Å². The molecule has 2 rings (SSSR count). The van der Waals surface area contributed by atoms with Gasteiger partial charge in [-0.1, -0.05) is 39.8 Å². The third-order valence-electron chi connectivity index (χ3n) is 1.61. The number of rotatable bonds is 0. The van der Waals surface area contributed by atoms with Crippen molar-refractivity contribution in [3.8, 4) is 0 Å². The van der Waals surface area contributed by atoms with Gasteiger partial charge in [-0.25, -0.2) is 4.98 Å². The second-order valence-electron chi connectivity index (χ2n) is 2.52. The summed E-state index contributed by atoms with van der Waals surface area (Å²) in [5.41, 5.74) is 0.941. The minimum Gasteiger partial charge on any atom is -0.441 e. The number of hydrogen-bond acceptors (Lipinski definition) is 2. The monoisotopic (exact) mass is 207 g/mol. The quantitative estimate of drug-likeness (QED) is 0.627. The Morgan fingerprint density at radius 3 is 2.33 bits per heavy atom. The first-order valence-corrected chi connectivity index (χ1v) is 5.67. The molecule has 0 radical (unpaired) electrons. The van der Waals surface area contributed by atoms with Crippen molar-refractivity contribution < 1.29 is 4.42 Å². The molecule has 0 saturated carbocycles. The van der Waals surface area contributed by atoms with E-state index in [2.05, 4.69) is 17.1 Å². The van der Waals surface area contributed by atoms with Gasteiger partial charge in [-0.3, -0.25) is 0 Å². The van der Waals surface area contributed by atoms with E-state index in [1.165, 1.54) is 0 Å². The molecule has 0 saturated heterocycles. The number of allylic oxidation sites excluding steroid dienone is 2. The molecule has 1 heterocycles. The van der Waals surface area contributed by atoms with Gasteiger partial charge < -0.3 is 4.42 Å². The molecule has 1 aliphatic rings. The molecule has 84 valence electrons. The van der Waals surface area contributed by atoms with E-state index in [0.29, 0.717) is 0 Å². The van der Waals surface area contributed by atoms with Crippen LogP contribution in [0.2, 0.25) is 0 Å². The van der Waals surface area contributed by atoms with Gasteiger partial charge in [0.05, 0.1) is 0 Å². The Bertz CT molecular complexity index is 292. The van der Waals surface area contributed by atoms with Crippen LogP contribution in [0.3, 0.4) is 0 Å².